The van der Waals surface area contributed by atoms with E-state index in [-0.39, 0.29) is 0 Å². The van der Waals surface area contributed by atoms with Crippen LogP contribution >= 0.6 is 15.9 Å². The molecule has 0 aliphatic heterocycles. The number of nitrogens with zero attached hydrogens (tertiary/aromatic N) is 1. The molecule has 112 valence electrons. The van der Waals surface area contributed by atoms with Crippen LogP contribution in [0.3, 0.4) is 0 Å². The van der Waals surface area contributed by atoms with Crippen LogP contribution in [0.15, 0.2) is 53.0 Å². The number of ether oxygens (including phenoxy) is 1. The van der Waals surface area contributed by atoms with Crippen molar-refractivity contribution in [3.05, 3.63) is 58.6 Å². The summed E-state index contributed by atoms with van der Waals surface area (Å²) < 4.78 is 6.35. The maximum atomic E-state index is 10.3. The number of para-hydroxylation sites is 2. The van der Waals surface area contributed by atoms with E-state index >= 15 is 0 Å². The Hall–Kier alpha value is -1.52. The molecular weight excluding hydrogens is 330 g/mol. The molecule has 4 heteroatoms. The summed E-state index contributed by atoms with van der Waals surface area (Å²) in [6.07, 6.45) is 0.185. The lowest BCUT2D eigenvalue weighted by atomic mass is 10.1. The molecule has 1 unspecified atom stereocenters. The van der Waals surface area contributed by atoms with Gasteiger partial charge in [-0.15, -0.1) is 0 Å². The molecule has 0 heterocycles. The van der Waals surface area contributed by atoms with Crippen molar-refractivity contribution in [2.24, 2.45) is 0 Å². The molecule has 0 saturated carbocycles. The fraction of sp³-hybridized carbons (Fsp3) is 0.294. The first-order chi connectivity index (χ1) is 10.1. The third-order valence-corrected chi connectivity index (χ3v) is 3.96. The van der Waals surface area contributed by atoms with E-state index in [9.17, 15) is 5.11 Å². The summed E-state index contributed by atoms with van der Waals surface area (Å²) in [5.41, 5.74) is 1.96. The predicted octanol–water partition coefficient (Wildman–Crippen LogP) is 4.02. The second-order valence-corrected chi connectivity index (χ2v) is 5.87. The highest BCUT2D eigenvalue weighted by atomic mass is 79.9. The summed E-state index contributed by atoms with van der Waals surface area (Å²) in [4.78, 5) is 2.10. The molecule has 0 amide bonds. The Labute approximate surface area is 134 Å². The molecule has 3 nitrogen and oxygen atoms in total. The van der Waals surface area contributed by atoms with Crippen molar-refractivity contribution in [3.63, 3.8) is 0 Å². The smallest absolute Gasteiger partial charge is 0.142 e. The van der Waals surface area contributed by atoms with Gasteiger partial charge in [-0.25, -0.2) is 0 Å². The minimum atomic E-state index is -0.473. The zero-order valence-electron chi connectivity index (χ0n) is 12.3. The van der Waals surface area contributed by atoms with Gasteiger partial charge in [0, 0.05) is 18.1 Å². The van der Waals surface area contributed by atoms with Crippen LogP contribution in [0.25, 0.3) is 0 Å². The second kappa shape index (κ2) is 7.48. The van der Waals surface area contributed by atoms with Crippen molar-refractivity contribution < 1.29 is 9.84 Å². The summed E-state index contributed by atoms with van der Waals surface area (Å²) in [5.74, 6) is 0.844. The van der Waals surface area contributed by atoms with Crippen molar-refractivity contribution in [2.75, 3.05) is 25.6 Å². The Kier molecular flexibility index (Phi) is 5.65. The Balaban J connectivity index is 1.99. The standard InChI is InChI=1S/C17H20BrNO2/c1-19(15-8-3-4-9-17(15)21-2)11-10-16(20)13-6-5-7-14(18)12-13/h3-9,12,16,20H,10-11H2,1-2H3. The van der Waals surface area contributed by atoms with Gasteiger partial charge in [0.15, 0.2) is 0 Å². The first kappa shape index (κ1) is 15.9. The van der Waals surface area contributed by atoms with Crippen molar-refractivity contribution in [1.29, 1.82) is 0 Å². The Morgan fingerprint density at radius 2 is 1.95 bits per heavy atom. The molecule has 0 bridgehead atoms. The Morgan fingerprint density at radius 3 is 2.67 bits per heavy atom. The van der Waals surface area contributed by atoms with E-state index in [1.165, 1.54) is 0 Å². The first-order valence-electron chi connectivity index (χ1n) is 6.89. The van der Waals surface area contributed by atoms with Crippen LogP contribution in [0.4, 0.5) is 5.69 Å². The van der Waals surface area contributed by atoms with Crippen LogP contribution in [0, 0.1) is 0 Å². The van der Waals surface area contributed by atoms with Gasteiger partial charge in [-0.1, -0.05) is 40.2 Å². The van der Waals surface area contributed by atoms with Crippen molar-refractivity contribution in [1.82, 2.24) is 0 Å². The van der Waals surface area contributed by atoms with E-state index in [0.29, 0.717) is 6.42 Å². The molecule has 0 saturated heterocycles. The van der Waals surface area contributed by atoms with Gasteiger partial charge in [0.1, 0.15) is 5.75 Å². The van der Waals surface area contributed by atoms with E-state index in [2.05, 4.69) is 20.8 Å². The normalized spacial score (nSPS) is 12.0. The van der Waals surface area contributed by atoms with Crippen LogP contribution in [-0.4, -0.2) is 25.8 Å². The van der Waals surface area contributed by atoms with Crippen molar-refractivity contribution in [2.45, 2.75) is 12.5 Å². The highest BCUT2D eigenvalue weighted by Crippen LogP contribution is 2.28. The summed E-state index contributed by atoms with van der Waals surface area (Å²) in [6, 6.07) is 15.7. The summed E-state index contributed by atoms with van der Waals surface area (Å²) in [5, 5.41) is 10.3. The fourth-order valence-electron chi connectivity index (χ4n) is 2.26. The third-order valence-electron chi connectivity index (χ3n) is 3.47. The number of aliphatic hydroxyl groups excluding tert-OH is 1. The Morgan fingerprint density at radius 1 is 1.19 bits per heavy atom. The van der Waals surface area contributed by atoms with Gasteiger partial charge in [0.2, 0.25) is 0 Å². The molecule has 21 heavy (non-hydrogen) atoms. The molecule has 0 aliphatic carbocycles. The molecule has 0 aromatic heterocycles. The zero-order valence-corrected chi connectivity index (χ0v) is 13.9. The maximum absolute atomic E-state index is 10.3. The van der Waals surface area contributed by atoms with Crippen LogP contribution in [-0.2, 0) is 0 Å². The average Bonchev–Trinajstić information content (AvgIpc) is 2.52. The molecule has 0 aliphatic rings. The quantitative estimate of drug-likeness (QED) is 0.854. The lowest BCUT2D eigenvalue weighted by Gasteiger charge is -2.23. The lowest BCUT2D eigenvalue weighted by molar-refractivity contribution is 0.169. The predicted molar refractivity (Wildman–Crippen MR) is 90.0 cm³/mol. The van der Waals surface area contributed by atoms with Crippen LogP contribution < -0.4 is 9.64 Å². The summed E-state index contributed by atoms with van der Waals surface area (Å²) in [6.45, 7) is 0.744. The zero-order chi connectivity index (χ0) is 15.2. The SMILES string of the molecule is COc1ccccc1N(C)CCC(O)c1cccc(Br)c1. The number of hydrogen-bond donors (Lipinski definition) is 1. The van der Waals surface area contributed by atoms with E-state index in [0.717, 1.165) is 28.0 Å². The molecule has 0 radical (unpaired) electrons. The number of anilines is 1. The highest BCUT2D eigenvalue weighted by molar-refractivity contribution is 9.10. The molecule has 2 rings (SSSR count). The largest absolute Gasteiger partial charge is 0.495 e. The average molecular weight is 350 g/mol. The van der Waals surface area contributed by atoms with Gasteiger partial charge in [-0.2, -0.15) is 0 Å². The number of benzene rings is 2. The van der Waals surface area contributed by atoms with Crippen molar-refractivity contribution >= 4 is 21.6 Å². The van der Waals surface area contributed by atoms with Crippen molar-refractivity contribution in [3.8, 4) is 5.75 Å². The summed E-state index contributed by atoms with van der Waals surface area (Å²) >= 11 is 3.43. The van der Waals surface area contributed by atoms with Crippen LogP contribution in [0.2, 0.25) is 0 Å². The third kappa shape index (κ3) is 4.22. The molecular formula is C17H20BrNO2. The van der Waals surface area contributed by atoms with E-state index in [1.54, 1.807) is 7.11 Å². The van der Waals surface area contributed by atoms with E-state index < -0.39 is 6.10 Å². The molecule has 2 aromatic carbocycles. The van der Waals surface area contributed by atoms with Crippen LogP contribution in [0.1, 0.15) is 18.1 Å². The number of methoxy groups -OCH3 is 1. The number of hydrogen-bond acceptors (Lipinski definition) is 3. The molecule has 0 spiro atoms. The maximum Gasteiger partial charge on any atom is 0.142 e. The minimum absolute atomic E-state index is 0.473. The Bertz CT molecular complexity index is 589. The number of halogens is 1. The van der Waals surface area contributed by atoms with E-state index in [1.807, 2.05) is 55.6 Å². The molecule has 2 aromatic rings. The fourth-order valence-corrected chi connectivity index (χ4v) is 2.68. The second-order valence-electron chi connectivity index (χ2n) is 4.95. The molecule has 0 fully saturated rings. The topological polar surface area (TPSA) is 32.7 Å². The van der Waals surface area contributed by atoms with Gasteiger partial charge in [-0.3, -0.25) is 0 Å². The lowest BCUT2D eigenvalue weighted by Crippen LogP contribution is -2.21. The van der Waals surface area contributed by atoms with Gasteiger partial charge in [0.25, 0.3) is 0 Å². The van der Waals surface area contributed by atoms with Crippen LogP contribution in [0.5, 0.6) is 5.75 Å². The van der Waals surface area contributed by atoms with Gasteiger partial charge < -0.3 is 14.7 Å². The van der Waals surface area contributed by atoms with Gasteiger partial charge in [-0.05, 0) is 36.2 Å². The molecule has 1 N–H and O–H groups in total. The highest BCUT2D eigenvalue weighted by Gasteiger charge is 2.12. The van der Waals surface area contributed by atoms with Gasteiger partial charge >= 0.3 is 0 Å². The molecule has 1 atom stereocenters. The van der Waals surface area contributed by atoms with Gasteiger partial charge in [0.05, 0.1) is 18.9 Å². The summed E-state index contributed by atoms with van der Waals surface area (Å²) in [7, 11) is 3.68. The minimum Gasteiger partial charge on any atom is -0.495 e. The first-order valence-corrected chi connectivity index (χ1v) is 7.69. The monoisotopic (exact) mass is 349 g/mol. The number of rotatable bonds is 6. The van der Waals surface area contributed by atoms with E-state index in [4.69, 9.17) is 4.74 Å². The number of aliphatic hydroxyl groups is 1.